The first kappa shape index (κ1) is 29.1. The minimum Gasteiger partial charge on any atom is -0.294 e. The molecule has 1 aliphatic carbocycles. The maximum Gasteiger partial charge on any atom is 0.185 e. The van der Waals surface area contributed by atoms with Crippen molar-refractivity contribution in [3.8, 4) is 0 Å². The van der Waals surface area contributed by atoms with E-state index in [2.05, 4.69) is 0 Å². The van der Waals surface area contributed by atoms with E-state index in [9.17, 15) is 21.6 Å². The number of hydrogen-bond acceptors (Lipinski definition) is 5. The monoisotopic (exact) mass is 542 g/mol. The van der Waals surface area contributed by atoms with E-state index in [0.29, 0.717) is 23.1 Å². The number of carbonyl (C=O) groups is 1. The van der Waals surface area contributed by atoms with Crippen molar-refractivity contribution in [2.45, 2.75) is 76.3 Å². The van der Waals surface area contributed by atoms with Crippen LogP contribution < -0.4 is 0 Å². The van der Waals surface area contributed by atoms with Crippen molar-refractivity contribution < 1.29 is 21.6 Å². The van der Waals surface area contributed by atoms with Gasteiger partial charge in [0.05, 0.1) is 20.8 Å². The van der Waals surface area contributed by atoms with Gasteiger partial charge in [0.1, 0.15) is 0 Å². The average Bonchev–Trinajstić information content (AvgIpc) is 2.81. The number of benzene rings is 2. The predicted molar refractivity (Wildman–Crippen MR) is 149 cm³/mol. The molecule has 2 unspecified atom stereocenters. The molecule has 200 valence electrons. The maximum atomic E-state index is 14.1. The Labute approximate surface area is 222 Å². The van der Waals surface area contributed by atoms with Gasteiger partial charge in [0.15, 0.2) is 25.5 Å². The summed E-state index contributed by atoms with van der Waals surface area (Å²) < 4.78 is 53.9. The zero-order valence-corrected chi connectivity index (χ0v) is 24.5. The molecule has 1 aliphatic rings. The molecule has 37 heavy (non-hydrogen) atoms. The van der Waals surface area contributed by atoms with Gasteiger partial charge in [-0.05, 0) is 81.4 Å². The maximum absolute atomic E-state index is 14.1. The van der Waals surface area contributed by atoms with Gasteiger partial charge >= 0.3 is 0 Å². The van der Waals surface area contributed by atoms with Crippen LogP contribution in [0.15, 0.2) is 81.1 Å². The summed E-state index contributed by atoms with van der Waals surface area (Å²) in [5.41, 5.74) is 3.20. The van der Waals surface area contributed by atoms with Crippen LogP contribution in [0, 0.1) is 25.2 Å². The fourth-order valence-electron chi connectivity index (χ4n) is 5.38. The Balaban J connectivity index is 2.06. The molecular weight excluding hydrogens is 504 g/mol. The fourth-order valence-corrected chi connectivity index (χ4v) is 8.76. The molecule has 0 spiro atoms. The van der Waals surface area contributed by atoms with Gasteiger partial charge in [-0.25, -0.2) is 16.8 Å². The first-order chi connectivity index (χ1) is 17.1. The smallest absolute Gasteiger partial charge is 0.185 e. The van der Waals surface area contributed by atoms with Gasteiger partial charge in [0.25, 0.3) is 0 Å². The molecule has 2 atom stereocenters. The lowest BCUT2D eigenvalue weighted by atomic mass is 9.67. The minimum absolute atomic E-state index is 0.0259. The molecule has 0 aliphatic heterocycles. The number of aryl methyl sites for hydroxylation is 2. The molecule has 0 N–H and O–H groups in total. The highest BCUT2D eigenvalue weighted by Crippen LogP contribution is 2.46. The van der Waals surface area contributed by atoms with Crippen LogP contribution in [-0.2, 0) is 24.5 Å². The molecule has 7 heteroatoms. The first-order valence-electron chi connectivity index (χ1n) is 12.6. The van der Waals surface area contributed by atoms with Crippen LogP contribution in [-0.4, -0.2) is 33.6 Å². The van der Waals surface area contributed by atoms with Crippen LogP contribution in [0.1, 0.15) is 58.6 Å². The van der Waals surface area contributed by atoms with E-state index >= 15 is 0 Å². The molecule has 5 nitrogen and oxygen atoms in total. The Kier molecular flexibility index (Phi) is 8.40. The molecule has 0 radical (unpaired) electrons. The summed E-state index contributed by atoms with van der Waals surface area (Å²) in [6.07, 6.45) is 2.27. The highest BCUT2D eigenvalue weighted by Gasteiger charge is 2.44. The summed E-state index contributed by atoms with van der Waals surface area (Å²) in [5.74, 6) is -0.434. The van der Waals surface area contributed by atoms with Gasteiger partial charge in [-0.15, -0.1) is 0 Å². The fraction of sp³-hybridized carbons (Fsp3) is 0.433. The Bertz CT molecular complexity index is 1440. The molecule has 3 rings (SSSR count). The van der Waals surface area contributed by atoms with Crippen LogP contribution in [0.5, 0.6) is 0 Å². The van der Waals surface area contributed by atoms with Crippen LogP contribution >= 0.6 is 0 Å². The van der Waals surface area contributed by atoms with E-state index in [1.54, 1.807) is 68.5 Å². The number of hydrogen-bond donors (Lipinski definition) is 0. The number of sulfone groups is 2. The summed E-state index contributed by atoms with van der Waals surface area (Å²) in [6.45, 7) is 13.2. The Morgan fingerprint density at radius 3 is 1.92 bits per heavy atom. The lowest BCUT2D eigenvalue weighted by Crippen LogP contribution is -2.39. The van der Waals surface area contributed by atoms with Crippen LogP contribution in [0.2, 0.25) is 0 Å². The lowest BCUT2D eigenvalue weighted by Gasteiger charge is -2.40. The predicted octanol–water partition coefficient (Wildman–Crippen LogP) is 6.21. The number of Topliss-reactive ketones (excluding diaryl/α,β-unsaturated/α-hetero) is 1. The Morgan fingerprint density at radius 2 is 1.41 bits per heavy atom. The second kappa shape index (κ2) is 10.7. The third-order valence-electron chi connectivity index (χ3n) is 7.35. The molecule has 0 aromatic heterocycles. The molecule has 2 aromatic rings. The zero-order chi connectivity index (χ0) is 27.8. The highest BCUT2D eigenvalue weighted by atomic mass is 32.2. The van der Waals surface area contributed by atoms with E-state index in [4.69, 9.17) is 0 Å². The third-order valence-corrected chi connectivity index (χ3v) is 11.0. The average molecular weight is 543 g/mol. The summed E-state index contributed by atoms with van der Waals surface area (Å²) >= 11 is 0. The lowest BCUT2D eigenvalue weighted by molar-refractivity contribution is -0.120. The second-order valence-corrected chi connectivity index (χ2v) is 15.3. The number of rotatable bonds is 8. The van der Waals surface area contributed by atoms with Crippen molar-refractivity contribution in [2.24, 2.45) is 11.3 Å². The molecule has 0 saturated heterocycles. The van der Waals surface area contributed by atoms with Crippen LogP contribution in [0.25, 0.3) is 0 Å². The molecule has 0 heterocycles. The van der Waals surface area contributed by atoms with Crippen LogP contribution in [0.3, 0.4) is 0 Å². The summed E-state index contributed by atoms with van der Waals surface area (Å²) in [6, 6.07) is 13.4. The number of carbonyl (C=O) groups excluding carboxylic acids is 1. The van der Waals surface area contributed by atoms with Crippen molar-refractivity contribution in [2.75, 3.05) is 5.75 Å². The largest absolute Gasteiger partial charge is 0.294 e. The summed E-state index contributed by atoms with van der Waals surface area (Å²) in [4.78, 5) is 13.4. The number of ketones is 1. The Morgan fingerprint density at radius 1 is 0.919 bits per heavy atom. The van der Waals surface area contributed by atoms with Crippen LogP contribution in [0.4, 0.5) is 0 Å². The SMILES string of the molecule is CC(=CCS(=O)(=O)c1ccc(C)cc1)CC(C1=C(C)C(=O)C(C)CC1(C)C)S(=O)(=O)c1ccc(C)cc1. The molecule has 0 bridgehead atoms. The van der Waals surface area contributed by atoms with Crippen molar-refractivity contribution in [1.82, 2.24) is 0 Å². The number of allylic oxidation sites excluding steroid dienone is 2. The van der Waals surface area contributed by atoms with E-state index in [-0.39, 0.29) is 33.7 Å². The van der Waals surface area contributed by atoms with E-state index in [1.807, 2.05) is 34.6 Å². The van der Waals surface area contributed by atoms with Crippen molar-refractivity contribution in [3.63, 3.8) is 0 Å². The first-order valence-corrected chi connectivity index (χ1v) is 15.8. The van der Waals surface area contributed by atoms with Crippen molar-refractivity contribution >= 4 is 25.5 Å². The quantitative estimate of drug-likeness (QED) is 0.370. The van der Waals surface area contributed by atoms with Gasteiger partial charge in [-0.2, -0.15) is 0 Å². The standard InChI is InChI=1S/C30H38O5S2/c1-20-8-12-25(13-9-20)36(32,33)17-16-22(3)18-27(37(34,35)26-14-10-21(2)11-15-26)28-24(5)29(31)23(4)19-30(28,6)7/h8-16,23,27H,17-19H2,1-7H3. The summed E-state index contributed by atoms with van der Waals surface area (Å²) in [7, 11) is -7.44. The molecule has 0 saturated carbocycles. The zero-order valence-electron chi connectivity index (χ0n) is 22.8. The van der Waals surface area contributed by atoms with E-state index in [0.717, 1.165) is 11.1 Å². The summed E-state index contributed by atoms with van der Waals surface area (Å²) in [5, 5.41) is -0.972. The van der Waals surface area contributed by atoms with E-state index in [1.165, 1.54) is 0 Å². The highest BCUT2D eigenvalue weighted by molar-refractivity contribution is 7.92. The normalized spacial score (nSPS) is 19.7. The van der Waals surface area contributed by atoms with Gasteiger partial charge in [-0.3, -0.25) is 4.79 Å². The topological polar surface area (TPSA) is 85.3 Å². The van der Waals surface area contributed by atoms with Gasteiger partial charge in [0, 0.05) is 5.92 Å². The van der Waals surface area contributed by atoms with Crippen molar-refractivity contribution in [3.05, 3.63) is 82.5 Å². The molecule has 2 aromatic carbocycles. The van der Waals surface area contributed by atoms with Gasteiger partial charge in [0.2, 0.25) is 0 Å². The molecular formula is C30H38O5S2. The van der Waals surface area contributed by atoms with Gasteiger partial charge < -0.3 is 0 Å². The van der Waals surface area contributed by atoms with Crippen molar-refractivity contribution in [1.29, 1.82) is 0 Å². The van der Waals surface area contributed by atoms with E-state index < -0.39 is 30.3 Å². The molecule has 0 fully saturated rings. The second-order valence-electron chi connectivity index (χ2n) is 11.1. The third kappa shape index (κ3) is 6.32. The minimum atomic E-state index is -3.87. The molecule has 0 amide bonds. The Hall–Kier alpha value is -2.51. The van der Waals surface area contributed by atoms with Gasteiger partial charge in [-0.1, -0.05) is 67.8 Å².